The molecule has 0 radical (unpaired) electrons. The van der Waals surface area contributed by atoms with Gasteiger partial charge in [0.05, 0.1) is 30.7 Å². The van der Waals surface area contributed by atoms with Crippen LogP contribution in [0.15, 0.2) is 92.0 Å². The van der Waals surface area contributed by atoms with E-state index in [-0.39, 0.29) is 98.2 Å². The topological polar surface area (TPSA) is 362 Å². The highest BCUT2D eigenvalue weighted by atomic mass is 32.2. The molecule has 7 rings (SSSR count). The summed E-state index contributed by atoms with van der Waals surface area (Å²) < 4.78 is 193. The zero-order valence-electron chi connectivity index (χ0n) is 40.6. The Hall–Kier alpha value is -5.53. The van der Waals surface area contributed by atoms with Crippen molar-refractivity contribution >= 4 is 107 Å². The fraction of sp³-hybridized carbons (Fsp3) is 0.404. The Morgan fingerprint density at radius 2 is 1.28 bits per heavy atom. The molecule has 1 N–H and O–H groups in total. The number of anilines is 1. The van der Waals surface area contributed by atoms with Gasteiger partial charge in [-0.25, -0.2) is 38.5 Å². The van der Waals surface area contributed by atoms with Crippen molar-refractivity contribution in [2.75, 3.05) is 37.5 Å². The van der Waals surface area contributed by atoms with E-state index in [2.05, 4.69) is 0 Å². The van der Waals surface area contributed by atoms with E-state index in [0.717, 1.165) is 12.1 Å². The summed E-state index contributed by atoms with van der Waals surface area (Å²) in [6, 6.07) is 8.52. The maximum atomic E-state index is 12.7. The van der Waals surface area contributed by atoms with Gasteiger partial charge in [-0.2, -0.15) is 13.0 Å². The Bertz CT molecular complexity index is 3740. The van der Waals surface area contributed by atoms with Crippen molar-refractivity contribution in [3.8, 4) is 0 Å². The van der Waals surface area contributed by atoms with Crippen LogP contribution in [-0.2, 0) is 85.4 Å². The standard InChI is InChI=1S/C47H53N3O20S5/c1-5-48-35-16-14-31-33(25-29(72(57,58)59)27-37(31)74(63,64)65)44(35)47(3,21-23-69-4)39(48)11-9-12-40-46(2,20-10-24-71(54,55)56)45-34-26-30(73(60,61)62)28-38(75(66,67)68)32(34)15-17-36(45)49(40)22-8-6-7-13-43(53)70-50-41(51)18-19-42(50)52/h9,11-12,14-17,25-28H,5-8,10,13,18-24H2,1-4H3,(H4-,54,55,56,57,58,59,60,61,62,63,64,65,66,67,68)/p-3. The monoisotopic (exact) mass is 1140 g/mol. The number of carbonyl (C=O) groups excluding carboxylic acids is 3. The molecule has 3 aliphatic rings. The highest BCUT2D eigenvalue weighted by Gasteiger charge is 2.49. The van der Waals surface area contributed by atoms with Crippen LogP contribution < -0.4 is 4.90 Å². The smallest absolute Gasteiger partial charge is 0.333 e. The van der Waals surface area contributed by atoms with Gasteiger partial charge in [0.15, 0.2) is 5.71 Å². The number of carbonyl (C=O) groups is 3. The van der Waals surface area contributed by atoms with Crippen molar-refractivity contribution in [3.05, 3.63) is 83.6 Å². The van der Waals surface area contributed by atoms with Gasteiger partial charge in [0.2, 0.25) is 5.69 Å². The van der Waals surface area contributed by atoms with E-state index in [1.165, 1.54) is 25.3 Å². The number of methoxy groups -OCH3 is 1. The molecular weight excluding hydrogens is 1090 g/mol. The molecule has 23 nitrogen and oxygen atoms in total. The maximum absolute atomic E-state index is 12.7. The van der Waals surface area contributed by atoms with Gasteiger partial charge in [0.25, 0.3) is 21.9 Å². The third kappa shape index (κ3) is 11.5. The lowest BCUT2D eigenvalue weighted by Gasteiger charge is -2.30. The van der Waals surface area contributed by atoms with Crippen molar-refractivity contribution in [2.45, 2.75) is 109 Å². The molecule has 0 aliphatic carbocycles. The predicted octanol–water partition coefficient (Wildman–Crippen LogP) is 4.08. The zero-order valence-corrected chi connectivity index (χ0v) is 44.7. The lowest BCUT2D eigenvalue weighted by Crippen LogP contribution is -2.32. The Kier molecular flexibility index (Phi) is 15.8. The van der Waals surface area contributed by atoms with E-state index in [1.54, 1.807) is 49.6 Å². The van der Waals surface area contributed by atoms with Crippen LogP contribution in [0.5, 0.6) is 0 Å². The van der Waals surface area contributed by atoms with Crippen molar-refractivity contribution < 1.29 is 93.4 Å². The Balaban J connectivity index is 1.42. The van der Waals surface area contributed by atoms with Crippen LogP contribution in [0.2, 0.25) is 0 Å². The quantitative estimate of drug-likeness (QED) is 0.0531. The van der Waals surface area contributed by atoms with E-state index in [4.69, 9.17) is 9.57 Å². The Labute approximate surface area is 433 Å². The maximum Gasteiger partial charge on any atom is 0.333 e. The van der Waals surface area contributed by atoms with Crippen LogP contribution in [0.1, 0.15) is 89.7 Å². The van der Waals surface area contributed by atoms with Gasteiger partial charge in [-0.1, -0.05) is 12.1 Å². The normalized spacial score (nSPS) is 20.1. The second-order valence-corrected chi connectivity index (χ2v) is 25.6. The number of imide groups is 1. The lowest BCUT2D eigenvalue weighted by atomic mass is 9.74. The molecule has 2 atom stereocenters. The fourth-order valence-corrected chi connectivity index (χ4v) is 13.6. The third-order valence-electron chi connectivity index (χ3n) is 13.8. The number of nitrogens with zero attached hydrogens (tertiary/aromatic N) is 3. The van der Waals surface area contributed by atoms with Crippen molar-refractivity contribution in [1.82, 2.24) is 5.06 Å². The van der Waals surface area contributed by atoms with E-state index in [9.17, 15) is 79.2 Å². The molecule has 4 aromatic rings. The molecule has 4 aromatic carbocycles. The number of hydrogen-bond acceptors (Lipinski definition) is 20. The van der Waals surface area contributed by atoms with Crippen LogP contribution in [0.25, 0.3) is 21.5 Å². The molecule has 2 amide bonds. The van der Waals surface area contributed by atoms with Gasteiger partial charge >= 0.3 is 5.97 Å². The predicted molar refractivity (Wildman–Crippen MR) is 262 cm³/mol. The van der Waals surface area contributed by atoms with Crippen LogP contribution in [0, 0.1) is 0 Å². The van der Waals surface area contributed by atoms with Crippen LogP contribution in [-0.4, -0.2) is 131 Å². The molecule has 1 fully saturated rings. The molecule has 406 valence electrons. The van der Waals surface area contributed by atoms with E-state index < -0.39 is 105 Å². The van der Waals surface area contributed by atoms with E-state index in [1.807, 2.05) is 4.90 Å². The summed E-state index contributed by atoms with van der Waals surface area (Å²) in [7, 11) is -24.7. The molecule has 75 heavy (non-hydrogen) atoms. The van der Waals surface area contributed by atoms with Crippen LogP contribution in [0.3, 0.4) is 0 Å². The Morgan fingerprint density at radius 3 is 1.80 bits per heavy atom. The van der Waals surface area contributed by atoms with Crippen LogP contribution in [0.4, 0.5) is 11.4 Å². The molecule has 0 aromatic heterocycles. The lowest BCUT2D eigenvalue weighted by molar-refractivity contribution is -0.438. The minimum absolute atomic E-state index is 0.0152. The minimum Gasteiger partial charge on any atom is -0.744 e. The summed E-state index contributed by atoms with van der Waals surface area (Å²) in [6.07, 6.45) is 5.04. The third-order valence-corrected chi connectivity index (χ3v) is 18.0. The van der Waals surface area contributed by atoms with Gasteiger partial charge in [-0.3, -0.25) is 14.1 Å². The SMILES string of the molecule is CCN1C(=CC=CC2=[N+](CCCCCC(=O)ON3C(=O)CCC3=O)c3ccc4c(S(=O)(=O)[O-])cc(S(=O)(=O)[O-])cc4c3C2(C)CCCS(=O)(=O)O)C(C)(CCOC)c2c1ccc1c(S(=O)(=O)[O-])cc(S(=O)(=O)[O-])cc21. The number of likely N-dealkylation sites (N-methyl/N-ethyl adjacent to an activating group) is 1. The molecule has 2 unspecified atom stereocenters. The van der Waals surface area contributed by atoms with E-state index >= 15 is 0 Å². The summed E-state index contributed by atoms with van der Waals surface area (Å²) in [5.41, 5.74) is -0.498. The first-order chi connectivity index (χ1) is 34.8. The molecule has 0 bridgehead atoms. The van der Waals surface area contributed by atoms with Crippen molar-refractivity contribution in [3.63, 3.8) is 0 Å². The highest BCUT2D eigenvalue weighted by Crippen LogP contribution is 2.54. The summed E-state index contributed by atoms with van der Waals surface area (Å²) in [5.74, 6) is -2.93. The summed E-state index contributed by atoms with van der Waals surface area (Å²) >= 11 is 0. The number of rotatable bonds is 21. The minimum atomic E-state index is -5.47. The number of benzene rings is 4. The number of hydroxylamine groups is 2. The zero-order chi connectivity index (χ0) is 55.4. The second kappa shape index (κ2) is 20.8. The molecule has 0 spiro atoms. The van der Waals surface area contributed by atoms with Gasteiger partial charge in [0.1, 0.15) is 47.0 Å². The largest absolute Gasteiger partial charge is 0.744 e. The first-order valence-electron chi connectivity index (χ1n) is 23.1. The number of unbranched alkanes of at least 4 members (excludes halogenated alkanes) is 2. The molecular formula is C47H50N3O20S5-3. The van der Waals surface area contributed by atoms with Crippen molar-refractivity contribution in [2.24, 2.45) is 0 Å². The number of ether oxygens (including phenoxy) is 1. The fourth-order valence-electron chi connectivity index (χ4n) is 10.5. The summed E-state index contributed by atoms with van der Waals surface area (Å²) in [6.45, 7) is 5.59. The molecule has 0 saturated carbocycles. The number of fused-ring (bicyclic) bond motifs is 6. The van der Waals surface area contributed by atoms with Gasteiger partial charge in [-0.05, 0) is 117 Å². The molecule has 3 heterocycles. The highest BCUT2D eigenvalue weighted by molar-refractivity contribution is 7.87. The average Bonchev–Trinajstić information content (AvgIpc) is 3.84. The molecule has 28 heteroatoms. The second-order valence-electron chi connectivity index (χ2n) is 18.6. The molecule has 3 aliphatic heterocycles. The van der Waals surface area contributed by atoms with E-state index in [0.29, 0.717) is 52.0 Å². The molecule has 1 saturated heterocycles. The first-order valence-corrected chi connectivity index (χ1v) is 30.4. The van der Waals surface area contributed by atoms with Gasteiger partial charge in [-0.15, -0.1) is 5.06 Å². The Morgan fingerprint density at radius 1 is 0.720 bits per heavy atom. The average molecular weight is 1140 g/mol. The summed E-state index contributed by atoms with van der Waals surface area (Å²) in [5, 5.41) is -0.158. The van der Waals surface area contributed by atoms with Crippen LogP contribution >= 0.6 is 0 Å². The first kappa shape index (κ1) is 57.2. The van der Waals surface area contributed by atoms with Crippen molar-refractivity contribution in [1.29, 1.82) is 0 Å². The number of allylic oxidation sites excluding steroid dienone is 4. The van der Waals surface area contributed by atoms with Gasteiger partial charge in [0, 0.05) is 85.8 Å². The van der Waals surface area contributed by atoms with Gasteiger partial charge < -0.3 is 32.7 Å². The summed E-state index contributed by atoms with van der Waals surface area (Å²) in [4.78, 5) is 39.5. The number of hydrogen-bond donors (Lipinski definition) is 1. The number of amides is 2.